The van der Waals surface area contributed by atoms with Crippen molar-refractivity contribution in [2.45, 2.75) is 42.8 Å². The highest BCUT2D eigenvalue weighted by molar-refractivity contribution is 5.92. The quantitative estimate of drug-likeness (QED) is 0.752. The summed E-state index contributed by atoms with van der Waals surface area (Å²) in [6.45, 7) is 2.54. The second-order valence-corrected chi connectivity index (χ2v) is 9.85. The molecule has 3 fully saturated rings. The first-order valence-electron chi connectivity index (χ1n) is 11.4. The Morgan fingerprint density at radius 2 is 1.77 bits per heavy atom. The van der Waals surface area contributed by atoms with Gasteiger partial charge in [-0.25, -0.2) is 0 Å². The molecular weight excluding hydrogens is 388 g/mol. The number of hydrogen-bond acceptors (Lipinski definition) is 4. The van der Waals surface area contributed by atoms with Crippen molar-refractivity contribution in [1.29, 1.82) is 0 Å². The summed E-state index contributed by atoms with van der Waals surface area (Å²) in [5.41, 5.74) is 7.48. The lowest BCUT2D eigenvalue weighted by Gasteiger charge is -2.51. The van der Waals surface area contributed by atoms with E-state index in [0.29, 0.717) is 23.3 Å². The third-order valence-corrected chi connectivity index (χ3v) is 8.01. The number of fused-ring (bicyclic) bond motifs is 2. The predicted octanol–water partition coefficient (Wildman–Crippen LogP) is 3.28. The maximum Gasteiger partial charge on any atom is 0.248 e. The zero-order chi connectivity index (χ0) is 21.6. The van der Waals surface area contributed by atoms with Gasteiger partial charge in [-0.15, -0.1) is 0 Å². The SMILES string of the molecule is COC1(c2cccc(C(N)=O)c2)C2CCC1CN(CC1(O)CC(c3ccccc3)C1)C2. The second kappa shape index (κ2) is 7.73. The average molecular weight is 421 g/mol. The van der Waals surface area contributed by atoms with Crippen molar-refractivity contribution in [3.63, 3.8) is 0 Å². The van der Waals surface area contributed by atoms with E-state index in [1.807, 2.05) is 18.2 Å². The molecule has 1 saturated heterocycles. The molecule has 0 aromatic heterocycles. The number of nitrogens with two attached hydrogens (primary N) is 1. The van der Waals surface area contributed by atoms with Gasteiger partial charge in [-0.3, -0.25) is 9.69 Å². The molecule has 1 amide bonds. The van der Waals surface area contributed by atoms with E-state index in [2.05, 4.69) is 35.2 Å². The molecule has 2 aromatic rings. The van der Waals surface area contributed by atoms with Crippen LogP contribution in [0, 0.1) is 11.8 Å². The Morgan fingerprint density at radius 3 is 2.39 bits per heavy atom. The minimum absolute atomic E-state index is 0.341. The summed E-state index contributed by atoms with van der Waals surface area (Å²) in [6.07, 6.45) is 3.86. The predicted molar refractivity (Wildman–Crippen MR) is 120 cm³/mol. The van der Waals surface area contributed by atoms with Crippen molar-refractivity contribution in [3.05, 3.63) is 71.3 Å². The number of nitrogens with zero attached hydrogens (tertiary/aromatic N) is 1. The molecule has 0 spiro atoms. The fourth-order valence-electron chi connectivity index (χ4n) is 6.65. The van der Waals surface area contributed by atoms with Crippen LogP contribution in [0.5, 0.6) is 0 Å². The minimum Gasteiger partial charge on any atom is -0.389 e. The minimum atomic E-state index is -0.598. The molecule has 5 rings (SSSR count). The first-order chi connectivity index (χ1) is 14.9. The summed E-state index contributed by atoms with van der Waals surface area (Å²) in [7, 11) is 1.79. The molecular formula is C26H32N2O3. The Kier molecular flexibility index (Phi) is 5.16. The van der Waals surface area contributed by atoms with Gasteiger partial charge in [0.1, 0.15) is 5.60 Å². The van der Waals surface area contributed by atoms with Crippen LogP contribution in [0.2, 0.25) is 0 Å². The molecule has 0 radical (unpaired) electrons. The molecule has 2 unspecified atom stereocenters. The highest BCUT2D eigenvalue weighted by Crippen LogP contribution is 2.54. The van der Waals surface area contributed by atoms with E-state index < -0.39 is 11.5 Å². The summed E-state index contributed by atoms with van der Waals surface area (Å²) in [5, 5.41) is 11.2. The third-order valence-electron chi connectivity index (χ3n) is 8.01. The third kappa shape index (κ3) is 3.49. The van der Waals surface area contributed by atoms with Gasteiger partial charge in [-0.1, -0.05) is 42.5 Å². The highest BCUT2D eigenvalue weighted by Gasteiger charge is 2.56. The molecule has 164 valence electrons. The number of likely N-dealkylation sites (tertiary alicyclic amines) is 1. The molecule has 2 aromatic carbocycles. The van der Waals surface area contributed by atoms with Crippen LogP contribution in [0.4, 0.5) is 0 Å². The van der Waals surface area contributed by atoms with Crippen LogP contribution in [0.3, 0.4) is 0 Å². The molecule has 2 saturated carbocycles. The van der Waals surface area contributed by atoms with Crippen molar-refractivity contribution in [2.75, 3.05) is 26.7 Å². The Bertz CT molecular complexity index is 940. The number of rotatable bonds is 6. The second-order valence-electron chi connectivity index (χ2n) is 9.85. The van der Waals surface area contributed by atoms with Crippen molar-refractivity contribution in [2.24, 2.45) is 17.6 Å². The van der Waals surface area contributed by atoms with Crippen LogP contribution < -0.4 is 5.73 Å². The Labute approximate surface area is 184 Å². The fourth-order valence-corrected chi connectivity index (χ4v) is 6.65. The first-order valence-corrected chi connectivity index (χ1v) is 11.4. The number of carbonyl (C=O) groups excluding carboxylic acids is 1. The summed E-state index contributed by atoms with van der Waals surface area (Å²) in [4.78, 5) is 14.2. The van der Waals surface area contributed by atoms with E-state index in [4.69, 9.17) is 10.5 Å². The van der Waals surface area contributed by atoms with Gasteiger partial charge in [0.05, 0.1) is 5.60 Å². The van der Waals surface area contributed by atoms with Crippen molar-refractivity contribution < 1.29 is 14.6 Å². The fraction of sp³-hybridized carbons (Fsp3) is 0.500. The van der Waals surface area contributed by atoms with Gasteiger partial charge in [-0.2, -0.15) is 0 Å². The number of amides is 1. The molecule has 31 heavy (non-hydrogen) atoms. The maximum atomic E-state index is 11.7. The van der Waals surface area contributed by atoms with Gasteiger partial charge in [0.25, 0.3) is 0 Å². The molecule has 5 heteroatoms. The van der Waals surface area contributed by atoms with Crippen molar-refractivity contribution in [1.82, 2.24) is 4.90 Å². The largest absolute Gasteiger partial charge is 0.389 e. The van der Waals surface area contributed by atoms with Crippen LogP contribution >= 0.6 is 0 Å². The number of benzene rings is 2. The topological polar surface area (TPSA) is 75.8 Å². The molecule has 2 aliphatic carbocycles. The number of hydrogen-bond donors (Lipinski definition) is 2. The Morgan fingerprint density at radius 1 is 1.10 bits per heavy atom. The maximum absolute atomic E-state index is 11.7. The number of primary amides is 1. The van der Waals surface area contributed by atoms with Gasteiger partial charge in [0, 0.05) is 44.1 Å². The van der Waals surface area contributed by atoms with Crippen LogP contribution in [-0.4, -0.2) is 48.3 Å². The normalized spacial score (nSPS) is 35.0. The molecule has 1 heterocycles. The summed E-state index contributed by atoms with van der Waals surface area (Å²) >= 11 is 0. The molecule has 2 atom stereocenters. The number of ether oxygens (including phenoxy) is 1. The van der Waals surface area contributed by atoms with E-state index in [9.17, 15) is 9.90 Å². The molecule has 3 N–H and O–H groups in total. The number of β-amino-alcohol motifs (C(OH)–C–C–N with tert-alkyl or cyclic N) is 1. The van der Waals surface area contributed by atoms with Crippen molar-refractivity contribution in [3.8, 4) is 0 Å². The van der Waals surface area contributed by atoms with Gasteiger partial charge in [0.15, 0.2) is 0 Å². The zero-order valence-corrected chi connectivity index (χ0v) is 18.2. The monoisotopic (exact) mass is 420 g/mol. The molecule has 2 bridgehead atoms. The van der Waals surface area contributed by atoms with Gasteiger partial charge in [-0.05, 0) is 54.9 Å². The zero-order valence-electron chi connectivity index (χ0n) is 18.2. The lowest BCUT2D eigenvalue weighted by molar-refractivity contribution is -0.139. The summed E-state index contributed by atoms with van der Waals surface area (Å²) in [5.74, 6) is 0.737. The number of carbonyl (C=O) groups is 1. The van der Waals surface area contributed by atoms with Crippen LogP contribution in [0.15, 0.2) is 54.6 Å². The van der Waals surface area contributed by atoms with E-state index in [0.717, 1.165) is 50.9 Å². The molecule has 1 aliphatic heterocycles. The first kappa shape index (κ1) is 20.7. The number of aliphatic hydroxyl groups is 1. The molecule has 3 aliphatic rings. The number of methoxy groups -OCH3 is 1. The van der Waals surface area contributed by atoms with E-state index in [-0.39, 0.29) is 5.60 Å². The van der Waals surface area contributed by atoms with Gasteiger partial charge >= 0.3 is 0 Å². The smallest absolute Gasteiger partial charge is 0.248 e. The Balaban J connectivity index is 1.30. The van der Waals surface area contributed by atoms with Crippen molar-refractivity contribution >= 4 is 5.91 Å². The average Bonchev–Trinajstić information content (AvgIpc) is 2.95. The van der Waals surface area contributed by atoms with E-state index in [1.54, 1.807) is 13.2 Å². The van der Waals surface area contributed by atoms with Crippen LogP contribution in [-0.2, 0) is 10.3 Å². The number of piperidine rings is 1. The van der Waals surface area contributed by atoms with Crippen LogP contribution in [0.25, 0.3) is 0 Å². The highest BCUT2D eigenvalue weighted by atomic mass is 16.5. The lowest BCUT2D eigenvalue weighted by atomic mass is 9.67. The Hall–Kier alpha value is -2.21. The summed E-state index contributed by atoms with van der Waals surface area (Å²) in [6, 6.07) is 18.2. The standard InChI is InChI=1S/C26H32N2O3/c1-31-26(21-9-5-8-19(12-21)24(27)29)22-10-11-23(26)16-28(15-22)17-25(30)13-20(14-25)18-6-3-2-4-7-18/h2-9,12,20,22-23,30H,10-11,13-17H2,1H3,(H2,27,29). The van der Waals surface area contributed by atoms with Crippen LogP contribution in [0.1, 0.15) is 53.1 Å². The van der Waals surface area contributed by atoms with Gasteiger partial charge < -0.3 is 15.6 Å². The van der Waals surface area contributed by atoms with Gasteiger partial charge in [0.2, 0.25) is 5.91 Å². The summed E-state index contributed by atoms with van der Waals surface area (Å²) < 4.78 is 6.24. The molecule has 5 nitrogen and oxygen atoms in total. The van der Waals surface area contributed by atoms with E-state index in [1.165, 1.54) is 5.56 Å². The lowest BCUT2D eigenvalue weighted by Crippen LogP contribution is -2.58. The van der Waals surface area contributed by atoms with E-state index >= 15 is 0 Å².